The molecule has 0 aliphatic rings. The molecule has 0 spiro atoms. The number of ether oxygens (including phenoxy) is 1. The van der Waals surface area contributed by atoms with E-state index in [2.05, 4.69) is 34.4 Å². The molecule has 0 saturated carbocycles. The summed E-state index contributed by atoms with van der Waals surface area (Å²) in [6, 6.07) is 8.23. The number of thiophene rings is 1. The zero-order valence-corrected chi connectivity index (χ0v) is 13.3. The zero-order chi connectivity index (χ0) is 15.2. The highest BCUT2D eigenvalue weighted by Crippen LogP contribution is 2.26. The highest BCUT2D eigenvalue weighted by molar-refractivity contribution is 7.07. The van der Waals surface area contributed by atoms with Crippen LogP contribution in [0.2, 0.25) is 0 Å². The van der Waals surface area contributed by atoms with Crippen molar-refractivity contribution in [3.8, 4) is 5.75 Å². The molecular weight excluding hydrogens is 284 g/mol. The molecule has 0 saturated heterocycles. The second-order valence-electron chi connectivity index (χ2n) is 4.88. The molecule has 1 heterocycles. The van der Waals surface area contributed by atoms with Crippen molar-refractivity contribution in [3.05, 3.63) is 46.2 Å². The molecular formula is C16H20N2O2S. The molecule has 0 aliphatic carbocycles. The van der Waals surface area contributed by atoms with Crippen molar-refractivity contribution in [1.82, 2.24) is 5.32 Å². The van der Waals surface area contributed by atoms with Gasteiger partial charge in [-0.25, -0.2) is 0 Å². The Labute approximate surface area is 129 Å². The number of hydrogen-bond acceptors (Lipinski definition) is 4. The number of nitrogens with one attached hydrogen (secondary N) is 2. The Balaban J connectivity index is 2.04. The van der Waals surface area contributed by atoms with Crippen LogP contribution in [-0.2, 0) is 11.3 Å². The van der Waals surface area contributed by atoms with Gasteiger partial charge in [0.05, 0.1) is 12.8 Å². The van der Waals surface area contributed by atoms with Crippen molar-refractivity contribution < 1.29 is 9.53 Å². The number of amides is 1. The minimum atomic E-state index is -0.106. The maximum atomic E-state index is 11.2. The smallest absolute Gasteiger partial charge is 0.221 e. The van der Waals surface area contributed by atoms with Crippen molar-refractivity contribution in [2.75, 3.05) is 12.4 Å². The summed E-state index contributed by atoms with van der Waals surface area (Å²) in [5, 5.41) is 10.5. The van der Waals surface area contributed by atoms with Crippen molar-refractivity contribution in [2.45, 2.75) is 26.4 Å². The Kier molecular flexibility index (Phi) is 5.36. The van der Waals surface area contributed by atoms with Crippen LogP contribution in [-0.4, -0.2) is 13.0 Å². The lowest BCUT2D eigenvalue weighted by molar-refractivity contribution is -0.114. The summed E-state index contributed by atoms with van der Waals surface area (Å²) in [5.41, 5.74) is 3.09. The van der Waals surface area contributed by atoms with Crippen LogP contribution in [0, 0.1) is 0 Å². The fourth-order valence-corrected chi connectivity index (χ4v) is 2.82. The van der Waals surface area contributed by atoms with Gasteiger partial charge in [-0.05, 0) is 47.0 Å². The van der Waals surface area contributed by atoms with E-state index in [0.717, 1.165) is 12.1 Å². The predicted molar refractivity (Wildman–Crippen MR) is 86.9 cm³/mol. The normalized spacial score (nSPS) is 12.0. The van der Waals surface area contributed by atoms with Crippen LogP contribution < -0.4 is 15.4 Å². The summed E-state index contributed by atoms with van der Waals surface area (Å²) in [5.74, 6) is 0.560. The van der Waals surface area contributed by atoms with Gasteiger partial charge in [-0.15, -0.1) is 0 Å². The van der Waals surface area contributed by atoms with Gasteiger partial charge in [-0.2, -0.15) is 11.3 Å². The van der Waals surface area contributed by atoms with Gasteiger partial charge in [-0.1, -0.05) is 6.07 Å². The second kappa shape index (κ2) is 7.24. The third-order valence-electron chi connectivity index (χ3n) is 3.23. The number of rotatable bonds is 6. The maximum Gasteiger partial charge on any atom is 0.221 e. The Bertz CT molecular complexity index is 596. The highest BCUT2D eigenvalue weighted by Gasteiger charge is 2.08. The molecule has 5 heteroatoms. The molecule has 0 bridgehead atoms. The lowest BCUT2D eigenvalue weighted by Crippen LogP contribution is -2.17. The summed E-state index contributed by atoms with van der Waals surface area (Å²) >= 11 is 1.70. The summed E-state index contributed by atoms with van der Waals surface area (Å²) in [4.78, 5) is 11.2. The topological polar surface area (TPSA) is 50.4 Å². The summed E-state index contributed by atoms with van der Waals surface area (Å²) in [6.07, 6.45) is 0. The molecule has 2 rings (SSSR count). The van der Waals surface area contributed by atoms with Gasteiger partial charge < -0.3 is 15.4 Å². The van der Waals surface area contributed by atoms with Gasteiger partial charge in [0.2, 0.25) is 5.91 Å². The van der Waals surface area contributed by atoms with Crippen LogP contribution in [0.4, 0.5) is 5.69 Å². The van der Waals surface area contributed by atoms with E-state index in [-0.39, 0.29) is 5.91 Å². The lowest BCUT2D eigenvalue weighted by atomic mass is 10.1. The fraction of sp³-hybridized carbons (Fsp3) is 0.312. The van der Waals surface area contributed by atoms with Crippen LogP contribution in [0.1, 0.15) is 31.0 Å². The Morgan fingerprint density at radius 1 is 1.38 bits per heavy atom. The van der Waals surface area contributed by atoms with E-state index in [4.69, 9.17) is 4.74 Å². The molecule has 0 aliphatic heterocycles. The average molecular weight is 304 g/mol. The third kappa shape index (κ3) is 4.31. The van der Waals surface area contributed by atoms with Crippen molar-refractivity contribution >= 4 is 22.9 Å². The summed E-state index contributed by atoms with van der Waals surface area (Å²) in [7, 11) is 1.59. The number of anilines is 1. The first-order chi connectivity index (χ1) is 10.1. The predicted octanol–water partition coefficient (Wildman–Crippen LogP) is 3.57. The molecule has 2 aromatic rings. The molecule has 4 nitrogen and oxygen atoms in total. The van der Waals surface area contributed by atoms with Crippen LogP contribution in [0.5, 0.6) is 5.75 Å². The number of carbonyl (C=O) groups excluding carboxylic acids is 1. The first-order valence-electron chi connectivity index (χ1n) is 6.80. The van der Waals surface area contributed by atoms with E-state index in [9.17, 15) is 4.79 Å². The minimum absolute atomic E-state index is 0.106. The van der Waals surface area contributed by atoms with Gasteiger partial charge in [0.1, 0.15) is 5.75 Å². The molecule has 0 unspecified atom stereocenters. The van der Waals surface area contributed by atoms with E-state index in [1.54, 1.807) is 18.4 Å². The van der Waals surface area contributed by atoms with Gasteiger partial charge in [0, 0.05) is 19.5 Å². The van der Waals surface area contributed by atoms with E-state index >= 15 is 0 Å². The summed E-state index contributed by atoms with van der Waals surface area (Å²) < 4.78 is 5.25. The Morgan fingerprint density at radius 3 is 2.81 bits per heavy atom. The SMILES string of the molecule is COc1ccc(CN[C@H](C)c2ccsc2)cc1NC(C)=O. The number of benzene rings is 1. The Morgan fingerprint density at radius 2 is 2.19 bits per heavy atom. The molecule has 21 heavy (non-hydrogen) atoms. The molecule has 1 amide bonds. The van der Waals surface area contributed by atoms with Crippen LogP contribution in [0.25, 0.3) is 0 Å². The average Bonchev–Trinajstić information content (AvgIpc) is 2.98. The van der Waals surface area contributed by atoms with Crippen LogP contribution >= 0.6 is 11.3 Å². The van der Waals surface area contributed by atoms with E-state index < -0.39 is 0 Å². The monoisotopic (exact) mass is 304 g/mol. The molecule has 2 N–H and O–H groups in total. The molecule has 1 atom stereocenters. The minimum Gasteiger partial charge on any atom is -0.495 e. The number of carbonyl (C=O) groups is 1. The molecule has 1 aromatic carbocycles. The van der Waals surface area contributed by atoms with E-state index in [1.807, 2.05) is 18.2 Å². The first kappa shape index (κ1) is 15.5. The largest absolute Gasteiger partial charge is 0.495 e. The standard InChI is InChI=1S/C16H20N2O2S/c1-11(14-6-7-21-10-14)17-9-13-4-5-16(20-3)15(8-13)18-12(2)19/h4-8,10-11,17H,9H2,1-3H3,(H,18,19)/t11-/m1/s1. The van der Waals surface area contributed by atoms with Crippen LogP contribution in [0.3, 0.4) is 0 Å². The van der Waals surface area contributed by atoms with Crippen molar-refractivity contribution in [2.24, 2.45) is 0 Å². The summed E-state index contributed by atoms with van der Waals surface area (Å²) in [6.45, 7) is 4.36. The first-order valence-corrected chi connectivity index (χ1v) is 7.74. The lowest BCUT2D eigenvalue weighted by Gasteiger charge is -2.14. The van der Waals surface area contributed by atoms with E-state index in [0.29, 0.717) is 17.5 Å². The zero-order valence-electron chi connectivity index (χ0n) is 12.5. The molecule has 112 valence electrons. The molecule has 1 aromatic heterocycles. The highest BCUT2D eigenvalue weighted by atomic mass is 32.1. The fourth-order valence-electron chi connectivity index (χ4n) is 2.06. The van der Waals surface area contributed by atoms with E-state index in [1.165, 1.54) is 12.5 Å². The number of hydrogen-bond donors (Lipinski definition) is 2. The van der Waals surface area contributed by atoms with Gasteiger partial charge >= 0.3 is 0 Å². The third-order valence-corrected chi connectivity index (χ3v) is 3.93. The second-order valence-corrected chi connectivity index (χ2v) is 5.66. The quantitative estimate of drug-likeness (QED) is 0.858. The van der Waals surface area contributed by atoms with Gasteiger partial charge in [-0.3, -0.25) is 4.79 Å². The maximum absolute atomic E-state index is 11.2. The molecule has 0 fully saturated rings. The van der Waals surface area contributed by atoms with Crippen molar-refractivity contribution in [1.29, 1.82) is 0 Å². The van der Waals surface area contributed by atoms with Crippen molar-refractivity contribution in [3.63, 3.8) is 0 Å². The number of methoxy groups -OCH3 is 1. The Hall–Kier alpha value is -1.85. The van der Waals surface area contributed by atoms with Gasteiger partial charge in [0.15, 0.2) is 0 Å². The van der Waals surface area contributed by atoms with Crippen LogP contribution in [0.15, 0.2) is 35.0 Å². The van der Waals surface area contributed by atoms with Gasteiger partial charge in [0.25, 0.3) is 0 Å². The molecule has 0 radical (unpaired) electrons.